The Balaban J connectivity index is 1.58. The number of halogens is 1. The standard InChI is InChI=1S/C19H22ClN5O2S2/c1-12-11-13(2)25-18(21-12)22-23-19(25)28-17-6-4-3-5-16(17)24-29(26,27)15-9-7-14(20)8-10-15/h7-11,16-17,24H,3-6H2,1-2H3. The third kappa shape index (κ3) is 4.42. The molecule has 2 aromatic heterocycles. The fraction of sp³-hybridized carbons (Fsp3) is 0.421. The van der Waals surface area contributed by atoms with Gasteiger partial charge in [-0.05, 0) is 57.0 Å². The summed E-state index contributed by atoms with van der Waals surface area (Å²) >= 11 is 7.46. The fourth-order valence-corrected chi connectivity index (χ4v) is 6.53. The van der Waals surface area contributed by atoms with Crippen LogP contribution in [0, 0.1) is 13.8 Å². The van der Waals surface area contributed by atoms with Crippen molar-refractivity contribution in [2.45, 2.75) is 60.9 Å². The number of hydrogen-bond donors (Lipinski definition) is 1. The number of nitrogens with zero attached hydrogens (tertiary/aromatic N) is 4. The van der Waals surface area contributed by atoms with Crippen LogP contribution >= 0.6 is 23.4 Å². The van der Waals surface area contributed by atoms with Crippen LogP contribution in [0.1, 0.15) is 37.1 Å². The summed E-state index contributed by atoms with van der Waals surface area (Å²) in [5.74, 6) is 0.569. The normalized spacial score (nSPS) is 20.2. The molecule has 1 aliphatic carbocycles. The fourth-order valence-electron chi connectivity index (χ4n) is 3.67. The van der Waals surface area contributed by atoms with Gasteiger partial charge in [-0.1, -0.05) is 36.2 Å². The second kappa shape index (κ2) is 8.22. The Bertz CT molecular complexity index is 1130. The van der Waals surface area contributed by atoms with E-state index < -0.39 is 10.0 Å². The molecule has 29 heavy (non-hydrogen) atoms. The highest BCUT2D eigenvalue weighted by atomic mass is 35.5. The monoisotopic (exact) mass is 451 g/mol. The van der Waals surface area contributed by atoms with Gasteiger partial charge in [0.05, 0.1) is 4.90 Å². The topological polar surface area (TPSA) is 89.2 Å². The van der Waals surface area contributed by atoms with Gasteiger partial charge in [0.1, 0.15) is 0 Å². The summed E-state index contributed by atoms with van der Waals surface area (Å²) < 4.78 is 30.5. The average molecular weight is 452 g/mol. The van der Waals surface area contributed by atoms with Crippen LogP contribution in [0.25, 0.3) is 5.78 Å². The van der Waals surface area contributed by atoms with Crippen LogP contribution < -0.4 is 4.72 Å². The van der Waals surface area contributed by atoms with Gasteiger partial charge in [-0.2, -0.15) is 0 Å². The minimum atomic E-state index is -3.62. The Morgan fingerprint density at radius 1 is 1.14 bits per heavy atom. The molecule has 4 rings (SSSR count). The highest BCUT2D eigenvalue weighted by Crippen LogP contribution is 2.34. The molecule has 3 aromatic rings. The van der Waals surface area contributed by atoms with Crippen molar-refractivity contribution in [2.24, 2.45) is 0 Å². The Kier molecular flexibility index (Phi) is 5.83. The molecule has 0 aliphatic heterocycles. The van der Waals surface area contributed by atoms with Crippen molar-refractivity contribution in [2.75, 3.05) is 0 Å². The Morgan fingerprint density at radius 3 is 2.62 bits per heavy atom. The van der Waals surface area contributed by atoms with Crippen LogP contribution in [0.15, 0.2) is 40.4 Å². The smallest absolute Gasteiger partial charge is 0.256 e. The maximum absolute atomic E-state index is 12.9. The molecule has 1 fully saturated rings. The van der Waals surface area contributed by atoms with Gasteiger partial charge < -0.3 is 0 Å². The first kappa shape index (κ1) is 20.6. The zero-order chi connectivity index (χ0) is 20.6. The second-order valence-electron chi connectivity index (χ2n) is 7.28. The molecule has 154 valence electrons. The summed E-state index contributed by atoms with van der Waals surface area (Å²) in [6, 6.07) is 8.03. The lowest BCUT2D eigenvalue weighted by Gasteiger charge is -2.31. The summed E-state index contributed by atoms with van der Waals surface area (Å²) in [6.45, 7) is 3.92. The number of fused-ring (bicyclic) bond motifs is 1. The van der Waals surface area contributed by atoms with E-state index in [1.165, 1.54) is 12.1 Å². The third-order valence-corrected chi connectivity index (χ3v) is 8.15. The number of sulfonamides is 1. The zero-order valence-electron chi connectivity index (χ0n) is 16.2. The Labute approximate surface area is 179 Å². The van der Waals surface area contributed by atoms with Gasteiger partial charge in [0, 0.05) is 27.7 Å². The van der Waals surface area contributed by atoms with E-state index >= 15 is 0 Å². The predicted octanol–water partition coefficient (Wildman–Crippen LogP) is 3.78. The number of aromatic nitrogens is 4. The van der Waals surface area contributed by atoms with E-state index in [9.17, 15) is 8.42 Å². The maximum Gasteiger partial charge on any atom is 0.256 e. The summed E-state index contributed by atoms with van der Waals surface area (Å²) in [6.07, 6.45) is 3.75. The van der Waals surface area contributed by atoms with E-state index in [1.807, 2.05) is 24.3 Å². The van der Waals surface area contributed by atoms with Gasteiger partial charge in [0.15, 0.2) is 5.16 Å². The van der Waals surface area contributed by atoms with Gasteiger partial charge in [-0.15, -0.1) is 10.2 Å². The molecule has 1 N–H and O–H groups in total. The number of rotatable bonds is 5. The van der Waals surface area contributed by atoms with E-state index in [1.54, 1.807) is 23.9 Å². The molecule has 2 unspecified atom stereocenters. The molecular formula is C19H22ClN5O2S2. The lowest BCUT2D eigenvalue weighted by Crippen LogP contribution is -2.43. The number of nitrogens with one attached hydrogen (secondary N) is 1. The minimum absolute atomic E-state index is 0.0685. The van der Waals surface area contributed by atoms with Crippen molar-refractivity contribution < 1.29 is 8.42 Å². The molecule has 7 nitrogen and oxygen atoms in total. The van der Waals surface area contributed by atoms with Gasteiger partial charge in [-0.25, -0.2) is 18.1 Å². The van der Waals surface area contributed by atoms with E-state index in [0.29, 0.717) is 10.8 Å². The van der Waals surface area contributed by atoms with E-state index in [0.717, 1.165) is 42.2 Å². The quantitative estimate of drug-likeness (QED) is 0.635. The molecule has 1 aromatic carbocycles. The van der Waals surface area contributed by atoms with Gasteiger partial charge >= 0.3 is 0 Å². The van der Waals surface area contributed by atoms with E-state index in [-0.39, 0.29) is 16.2 Å². The first-order valence-corrected chi connectivity index (χ1v) is 12.2. The summed E-state index contributed by atoms with van der Waals surface area (Å²) in [5, 5.41) is 9.82. The van der Waals surface area contributed by atoms with E-state index in [4.69, 9.17) is 11.6 Å². The lowest BCUT2D eigenvalue weighted by molar-refractivity contribution is 0.422. The first-order chi connectivity index (χ1) is 13.8. The average Bonchev–Trinajstić information content (AvgIpc) is 3.06. The largest absolute Gasteiger partial charge is 0.259 e. The Morgan fingerprint density at radius 2 is 1.86 bits per heavy atom. The highest BCUT2D eigenvalue weighted by molar-refractivity contribution is 7.99. The van der Waals surface area contributed by atoms with Crippen LogP contribution in [-0.2, 0) is 10.0 Å². The molecule has 10 heteroatoms. The minimum Gasteiger partial charge on any atom is -0.259 e. The summed E-state index contributed by atoms with van der Waals surface area (Å²) in [4.78, 5) is 4.65. The highest BCUT2D eigenvalue weighted by Gasteiger charge is 2.31. The molecule has 2 atom stereocenters. The molecule has 1 saturated carbocycles. The van der Waals surface area contributed by atoms with Crippen molar-refractivity contribution >= 4 is 39.2 Å². The molecule has 2 heterocycles. The molecule has 0 bridgehead atoms. The lowest BCUT2D eigenvalue weighted by atomic mass is 9.96. The number of hydrogen-bond acceptors (Lipinski definition) is 6. The van der Waals surface area contributed by atoms with Crippen molar-refractivity contribution in [3.63, 3.8) is 0 Å². The molecule has 0 amide bonds. The number of thioether (sulfide) groups is 1. The number of benzene rings is 1. The molecule has 1 aliphatic rings. The zero-order valence-corrected chi connectivity index (χ0v) is 18.6. The molecule has 0 radical (unpaired) electrons. The third-order valence-electron chi connectivity index (χ3n) is 5.05. The Hall–Kier alpha value is -1.68. The van der Waals surface area contributed by atoms with Gasteiger partial charge in [-0.3, -0.25) is 4.40 Å². The van der Waals surface area contributed by atoms with Crippen LogP contribution in [0.2, 0.25) is 5.02 Å². The van der Waals surface area contributed by atoms with Crippen molar-refractivity contribution in [1.29, 1.82) is 0 Å². The van der Waals surface area contributed by atoms with E-state index in [2.05, 4.69) is 19.9 Å². The predicted molar refractivity (Wildman–Crippen MR) is 114 cm³/mol. The van der Waals surface area contributed by atoms with Crippen molar-refractivity contribution in [3.05, 3.63) is 46.7 Å². The van der Waals surface area contributed by atoms with Crippen molar-refractivity contribution in [3.8, 4) is 0 Å². The van der Waals surface area contributed by atoms with Crippen LogP contribution in [0.4, 0.5) is 0 Å². The number of aryl methyl sites for hydroxylation is 2. The summed E-state index contributed by atoms with van der Waals surface area (Å²) in [7, 11) is -3.62. The van der Waals surface area contributed by atoms with Crippen molar-refractivity contribution in [1.82, 2.24) is 24.3 Å². The SMILES string of the molecule is Cc1cc(C)n2c(SC3CCCCC3NS(=O)(=O)c3ccc(Cl)cc3)nnc2n1. The van der Waals surface area contributed by atoms with Crippen LogP contribution in [-0.4, -0.2) is 39.3 Å². The van der Waals surface area contributed by atoms with Gasteiger partial charge in [0.2, 0.25) is 10.0 Å². The maximum atomic E-state index is 12.9. The van der Waals surface area contributed by atoms with Crippen LogP contribution in [0.5, 0.6) is 0 Å². The molecule has 0 saturated heterocycles. The van der Waals surface area contributed by atoms with Crippen LogP contribution in [0.3, 0.4) is 0 Å². The first-order valence-electron chi connectivity index (χ1n) is 9.47. The molecule has 0 spiro atoms. The second-order valence-corrected chi connectivity index (χ2v) is 10.6. The summed E-state index contributed by atoms with van der Waals surface area (Å²) in [5.41, 5.74) is 1.90. The molecular weight excluding hydrogens is 430 g/mol. The van der Waals surface area contributed by atoms with Gasteiger partial charge in [0.25, 0.3) is 5.78 Å².